The van der Waals surface area contributed by atoms with Gasteiger partial charge in [-0.2, -0.15) is 0 Å². The summed E-state index contributed by atoms with van der Waals surface area (Å²) in [4.78, 5) is 11.9. The number of halogens is 2. The van der Waals surface area contributed by atoms with E-state index in [-0.39, 0.29) is 23.7 Å². The Bertz CT molecular complexity index is 508. The third-order valence-electron chi connectivity index (χ3n) is 4.05. The van der Waals surface area contributed by atoms with Crippen LogP contribution >= 0.6 is 11.6 Å². The molecule has 0 heterocycles. The summed E-state index contributed by atoms with van der Waals surface area (Å²) in [6.07, 6.45) is 3.47. The van der Waals surface area contributed by atoms with Crippen molar-refractivity contribution < 1.29 is 14.3 Å². The van der Waals surface area contributed by atoms with E-state index in [9.17, 15) is 14.3 Å². The number of benzene rings is 1. The van der Waals surface area contributed by atoms with Gasteiger partial charge < -0.3 is 15.7 Å². The molecule has 6 heteroatoms. The second-order valence-electron chi connectivity index (χ2n) is 5.51. The molecule has 1 aliphatic rings. The first-order valence-corrected chi connectivity index (χ1v) is 7.52. The van der Waals surface area contributed by atoms with E-state index >= 15 is 0 Å². The number of hydrogen-bond donors (Lipinski definition) is 3. The molecule has 21 heavy (non-hydrogen) atoms. The highest BCUT2D eigenvalue weighted by molar-refractivity contribution is 6.30. The first-order valence-electron chi connectivity index (χ1n) is 7.14. The van der Waals surface area contributed by atoms with Crippen LogP contribution in [0.5, 0.6) is 0 Å². The highest BCUT2D eigenvalue weighted by atomic mass is 35.5. The van der Waals surface area contributed by atoms with E-state index in [0.717, 1.165) is 12.8 Å². The van der Waals surface area contributed by atoms with Crippen LogP contribution in [0.25, 0.3) is 0 Å². The molecule has 2 atom stereocenters. The summed E-state index contributed by atoms with van der Waals surface area (Å²) in [7, 11) is 0. The monoisotopic (exact) mass is 314 g/mol. The summed E-state index contributed by atoms with van der Waals surface area (Å²) in [5.74, 6) is -0.0473. The minimum atomic E-state index is -0.662. The molecule has 116 valence electrons. The van der Waals surface area contributed by atoms with Gasteiger partial charge in [-0.1, -0.05) is 24.1 Å². The molecule has 1 saturated carbocycles. The summed E-state index contributed by atoms with van der Waals surface area (Å²) < 4.78 is 13.4. The Hall–Kier alpha value is -1.33. The molecular weight excluding hydrogens is 295 g/mol. The van der Waals surface area contributed by atoms with Crippen LogP contribution in [0.2, 0.25) is 5.02 Å². The fraction of sp³-hybridized carbons (Fsp3) is 0.533. The Labute approximate surface area is 128 Å². The van der Waals surface area contributed by atoms with Crippen molar-refractivity contribution in [3.05, 3.63) is 34.6 Å². The number of urea groups is 1. The molecule has 0 radical (unpaired) electrons. The van der Waals surface area contributed by atoms with Gasteiger partial charge in [0.25, 0.3) is 0 Å². The number of carbonyl (C=O) groups is 1. The first kappa shape index (κ1) is 16.0. The zero-order valence-corrected chi connectivity index (χ0v) is 12.7. The molecule has 0 saturated heterocycles. The number of hydrogen-bond acceptors (Lipinski definition) is 2. The fourth-order valence-corrected chi connectivity index (χ4v) is 2.55. The molecule has 1 aromatic carbocycles. The van der Waals surface area contributed by atoms with E-state index in [1.54, 1.807) is 6.07 Å². The van der Waals surface area contributed by atoms with Crippen LogP contribution in [0.4, 0.5) is 9.18 Å². The van der Waals surface area contributed by atoms with E-state index in [1.807, 2.05) is 6.92 Å². The fourth-order valence-electron chi connectivity index (χ4n) is 2.43. The Morgan fingerprint density at radius 2 is 2.19 bits per heavy atom. The molecule has 1 fully saturated rings. The van der Waals surface area contributed by atoms with Crippen molar-refractivity contribution in [1.29, 1.82) is 0 Å². The van der Waals surface area contributed by atoms with Gasteiger partial charge in [0.15, 0.2) is 0 Å². The van der Waals surface area contributed by atoms with Crippen molar-refractivity contribution in [2.24, 2.45) is 5.92 Å². The number of aliphatic hydroxyl groups is 1. The predicted molar refractivity (Wildman–Crippen MR) is 79.7 cm³/mol. The van der Waals surface area contributed by atoms with Crippen molar-refractivity contribution in [3.8, 4) is 0 Å². The van der Waals surface area contributed by atoms with Gasteiger partial charge in [0.2, 0.25) is 0 Å². The van der Waals surface area contributed by atoms with E-state index in [4.69, 9.17) is 11.6 Å². The standard InChI is InChI=1S/C15H20ClFN2O2/c1-9(10-3-2-4-10)18-15(21)19-14(8-20)11-5-6-12(16)13(17)7-11/h5-7,9-10,14,20H,2-4,8H2,1H3,(H2,18,19,21). The van der Waals surface area contributed by atoms with Crippen LogP contribution in [0.3, 0.4) is 0 Å². The van der Waals surface area contributed by atoms with E-state index < -0.39 is 11.9 Å². The average molecular weight is 315 g/mol. The minimum Gasteiger partial charge on any atom is -0.394 e. The van der Waals surface area contributed by atoms with Gasteiger partial charge in [-0.25, -0.2) is 9.18 Å². The lowest BCUT2D eigenvalue weighted by Gasteiger charge is -2.32. The number of aliphatic hydroxyl groups excluding tert-OH is 1. The summed E-state index contributed by atoms with van der Waals surface area (Å²) in [6, 6.07) is 3.29. The van der Waals surface area contributed by atoms with Gasteiger partial charge in [-0.05, 0) is 43.4 Å². The quantitative estimate of drug-likeness (QED) is 0.782. The van der Waals surface area contributed by atoms with E-state index in [1.165, 1.54) is 18.6 Å². The van der Waals surface area contributed by atoms with Gasteiger partial charge in [0, 0.05) is 6.04 Å². The average Bonchev–Trinajstić information content (AvgIpc) is 2.37. The van der Waals surface area contributed by atoms with Crippen molar-refractivity contribution in [2.75, 3.05) is 6.61 Å². The Morgan fingerprint density at radius 3 is 2.71 bits per heavy atom. The lowest BCUT2D eigenvalue weighted by Crippen LogP contribution is -2.47. The second-order valence-corrected chi connectivity index (χ2v) is 5.91. The third kappa shape index (κ3) is 4.08. The highest BCUT2D eigenvalue weighted by Gasteiger charge is 2.25. The van der Waals surface area contributed by atoms with Crippen molar-refractivity contribution >= 4 is 17.6 Å². The van der Waals surface area contributed by atoms with Crippen LogP contribution < -0.4 is 10.6 Å². The molecule has 2 unspecified atom stereocenters. The van der Waals surface area contributed by atoms with Crippen LogP contribution in [0.15, 0.2) is 18.2 Å². The molecule has 1 aromatic rings. The maximum absolute atomic E-state index is 13.4. The highest BCUT2D eigenvalue weighted by Crippen LogP contribution is 2.29. The lowest BCUT2D eigenvalue weighted by molar-refractivity contribution is 0.199. The van der Waals surface area contributed by atoms with Crippen LogP contribution in [-0.2, 0) is 0 Å². The predicted octanol–water partition coefficient (Wildman–Crippen LogP) is 3.00. The van der Waals surface area contributed by atoms with Crippen molar-refractivity contribution in [2.45, 2.75) is 38.3 Å². The summed E-state index contributed by atoms with van der Waals surface area (Å²) in [6.45, 7) is 1.66. The number of amides is 2. The molecule has 0 aromatic heterocycles. The zero-order valence-electron chi connectivity index (χ0n) is 11.9. The van der Waals surface area contributed by atoms with Gasteiger partial charge in [0.1, 0.15) is 5.82 Å². The lowest BCUT2D eigenvalue weighted by atomic mass is 9.80. The van der Waals surface area contributed by atoms with Crippen LogP contribution in [0.1, 0.15) is 37.8 Å². The molecule has 0 bridgehead atoms. The maximum atomic E-state index is 13.4. The van der Waals surface area contributed by atoms with Crippen molar-refractivity contribution in [3.63, 3.8) is 0 Å². The second kappa shape index (κ2) is 7.09. The summed E-state index contributed by atoms with van der Waals surface area (Å²) in [5.41, 5.74) is 0.478. The Balaban J connectivity index is 1.94. The van der Waals surface area contributed by atoms with Crippen molar-refractivity contribution in [1.82, 2.24) is 10.6 Å². The van der Waals surface area contributed by atoms with Gasteiger partial charge in [-0.15, -0.1) is 0 Å². The minimum absolute atomic E-state index is 0.0125. The summed E-state index contributed by atoms with van der Waals surface area (Å²) in [5, 5.41) is 14.9. The van der Waals surface area contributed by atoms with E-state index in [2.05, 4.69) is 10.6 Å². The molecule has 3 N–H and O–H groups in total. The molecule has 1 aliphatic carbocycles. The molecule has 2 rings (SSSR count). The normalized spacial score (nSPS) is 17.7. The van der Waals surface area contributed by atoms with Crippen LogP contribution in [-0.4, -0.2) is 23.8 Å². The number of carbonyl (C=O) groups excluding carboxylic acids is 1. The molecular formula is C15H20ClFN2O2. The van der Waals surface area contributed by atoms with Crippen LogP contribution in [0, 0.1) is 11.7 Å². The SMILES string of the molecule is CC(NC(=O)NC(CO)c1ccc(Cl)c(F)c1)C1CCC1. The van der Waals surface area contributed by atoms with Gasteiger partial charge >= 0.3 is 6.03 Å². The molecule has 4 nitrogen and oxygen atoms in total. The smallest absolute Gasteiger partial charge is 0.315 e. The molecule has 2 amide bonds. The first-order chi connectivity index (χ1) is 10.0. The Morgan fingerprint density at radius 1 is 1.48 bits per heavy atom. The number of rotatable bonds is 5. The maximum Gasteiger partial charge on any atom is 0.315 e. The van der Waals surface area contributed by atoms with Gasteiger partial charge in [0.05, 0.1) is 17.7 Å². The van der Waals surface area contributed by atoms with E-state index in [0.29, 0.717) is 11.5 Å². The topological polar surface area (TPSA) is 61.4 Å². The third-order valence-corrected chi connectivity index (χ3v) is 4.36. The summed E-state index contributed by atoms with van der Waals surface area (Å²) >= 11 is 5.62. The molecule has 0 aliphatic heterocycles. The molecule has 0 spiro atoms. The zero-order chi connectivity index (χ0) is 15.4. The number of nitrogens with one attached hydrogen (secondary N) is 2. The van der Waals surface area contributed by atoms with Gasteiger partial charge in [-0.3, -0.25) is 0 Å². The Kier molecular flexibility index (Phi) is 5.42. The largest absolute Gasteiger partial charge is 0.394 e.